The van der Waals surface area contributed by atoms with E-state index in [2.05, 4.69) is 26.6 Å². The zero-order valence-electron chi connectivity index (χ0n) is 11.2. The van der Waals surface area contributed by atoms with Gasteiger partial charge in [-0.3, -0.25) is 0 Å². The van der Waals surface area contributed by atoms with Crippen molar-refractivity contribution in [1.29, 1.82) is 0 Å². The van der Waals surface area contributed by atoms with E-state index < -0.39 is 12.0 Å². The summed E-state index contributed by atoms with van der Waals surface area (Å²) in [5.74, 6) is -1.11. The molecule has 0 spiro atoms. The van der Waals surface area contributed by atoms with Crippen molar-refractivity contribution in [3.63, 3.8) is 0 Å². The molecular formula is C15H13BrN2O3. The highest BCUT2D eigenvalue weighted by molar-refractivity contribution is 9.10. The van der Waals surface area contributed by atoms with Crippen LogP contribution < -0.4 is 10.6 Å². The van der Waals surface area contributed by atoms with Crippen molar-refractivity contribution in [3.05, 3.63) is 58.1 Å². The summed E-state index contributed by atoms with van der Waals surface area (Å²) < 4.78 is 0.629. The number of hydrogen-bond donors (Lipinski definition) is 3. The quantitative estimate of drug-likeness (QED) is 0.781. The van der Waals surface area contributed by atoms with Gasteiger partial charge < -0.3 is 15.7 Å². The number of anilines is 2. The first-order valence-electron chi connectivity index (χ1n) is 6.13. The number of carbonyl (C=O) groups excluding carboxylic acids is 1. The Bertz CT molecular complexity index is 684. The van der Waals surface area contributed by atoms with Crippen LogP contribution in [0.15, 0.2) is 46.9 Å². The summed E-state index contributed by atoms with van der Waals surface area (Å²) in [6, 6.07) is 11.4. The number of urea groups is 1. The molecule has 6 heteroatoms. The third-order valence-electron chi connectivity index (χ3n) is 2.77. The first-order valence-corrected chi connectivity index (χ1v) is 6.92. The summed E-state index contributed by atoms with van der Waals surface area (Å²) in [5.41, 5.74) is 1.97. The molecule has 0 bridgehead atoms. The maximum absolute atomic E-state index is 11.9. The zero-order valence-corrected chi connectivity index (χ0v) is 12.8. The molecule has 0 atom stereocenters. The van der Waals surface area contributed by atoms with Crippen LogP contribution in [-0.4, -0.2) is 17.1 Å². The van der Waals surface area contributed by atoms with Gasteiger partial charge in [0.25, 0.3) is 0 Å². The lowest BCUT2D eigenvalue weighted by Crippen LogP contribution is -2.21. The Morgan fingerprint density at radius 1 is 1.05 bits per heavy atom. The summed E-state index contributed by atoms with van der Waals surface area (Å²) in [7, 11) is 0. The van der Waals surface area contributed by atoms with E-state index >= 15 is 0 Å². The van der Waals surface area contributed by atoms with Crippen molar-refractivity contribution in [1.82, 2.24) is 0 Å². The molecule has 0 unspecified atom stereocenters. The second-order valence-corrected chi connectivity index (χ2v) is 5.36. The van der Waals surface area contributed by atoms with Crippen LogP contribution in [0.5, 0.6) is 0 Å². The molecule has 21 heavy (non-hydrogen) atoms. The molecule has 0 saturated carbocycles. The van der Waals surface area contributed by atoms with E-state index in [-0.39, 0.29) is 11.3 Å². The minimum Gasteiger partial charge on any atom is -0.478 e. The number of carboxylic acids is 1. The third-order valence-corrected chi connectivity index (χ3v) is 3.26. The van der Waals surface area contributed by atoms with Gasteiger partial charge in [-0.05, 0) is 37.3 Å². The SMILES string of the molecule is Cc1ccc(NC(=O)Nc2ccc(Br)cc2C(=O)O)cc1. The van der Waals surface area contributed by atoms with Crippen LogP contribution in [0.3, 0.4) is 0 Å². The van der Waals surface area contributed by atoms with Crippen LogP contribution in [0, 0.1) is 6.92 Å². The number of rotatable bonds is 3. The van der Waals surface area contributed by atoms with Gasteiger partial charge in [-0.25, -0.2) is 9.59 Å². The predicted octanol–water partition coefficient (Wildman–Crippen LogP) is 4.10. The van der Waals surface area contributed by atoms with E-state index in [1.807, 2.05) is 19.1 Å². The Morgan fingerprint density at radius 3 is 2.33 bits per heavy atom. The molecular weight excluding hydrogens is 336 g/mol. The normalized spacial score (nSPS) is 10.0. The number of hydrogen-bond acceptors (Lipinski definition) is 2. The summed E-state index contributed by atoms with van der Waals surface area (Å²) in [6.45, 7) is 1.95. The number of carboxylic acid groups (broad SMARTS) is 1. The van der Waals surface area contributed by atoms with Crippen molar-refractivity contribution in [2.75, 3.05) is 10.6 Å². The molecule has 2 aromatic carbocycles. The Hall–Kier alpha value is -2.34. The van der Waals surface area contributed by atoms with Gasteiger partial charge >= 0.3 is 12.0 Å². The molecule has 2 amide bonds. The van der Waals surface area contributed by atoms with Gasteiger partial charge in [-0.2, -0.15) is 0 Å². The van der Waals surface area contributed by atoms with Crippen molar-refractivity contribution in [2.24, 2.45) is 0 Å². The predicted molar refractivity (Wildman–Crippen MR) is 84.9 cm³/mol. The summed E-state index contributed by atoms with van der Waals surface area (Å²) in [5, 5.41) is 14.3. The van der Waals surface area contributed by atoms with Crippen LogP contribution in [0.25, 0.3) is 0 Å². The molecule has 0 fully saturated rings. The lowest BCUT2D eigenvalue weighted by molar-refractivity contribution is 0.0698. The lowest BCUT2D eigenvalue weighted by atomic mass is 10.2. The van der Waals surface area contributed by atoms with Gasteiger partial charge in [0.15, 0.2) is 0 Å². The summed E-state index contributed by atoms with van der Waals surface area (Å²) in [6.07, 6.45) is 0. The van der Waals surface area contributed by atoms with Gasteiger partial charge in [0.05, 0.1) is 11.3 Å². The molecule has 3 N–H and O–H groups in total. The highest BCUT2D eigenvalue weighted by atomic mass is 79.9. The highest BCUT2D eigenvalue weighted by Gasteiger charge is 2.13. The van der Waals surface area contributed by atoms with Gasteiger partial charge in [0.2, 0.25) is 0 Å². The highest BCUT2D eigenvalue weighted by Crippen LogP contribution is 2.21. The fraction of sp³-hybridized carbons (Fsp3) is 0.0667. The fourth-order valence-electron chi connectivity index (χ4n) is 1.72. The first kappa shape index (κ1) is 15.1. The van der Waals surface area contributed by atoms with Crippen LogP contribution in [0.4, 0.5) is 16.2 Å². The number of aryl methyl sites for hydroxylation is 1. The smallest absolute Gasteiger partial charge is 0.337 e. The number of halogens is 1. The molecule has 2 rings (SSSR count). The number of aromatic carboxylic acids is 1. The zero-order chi connectivity index (χ0) is 15.4. The largest absolute Gasteiger partial charge is 0.478 e. The topological polar surface area (TPSA) is 78.4 Å². The van der Waals surface area contributed by atoms with Crippen LogP contribution in [-0.2, 0) is 0 Å². The molecule has 0 aliphatic rings. The average Bonchev–Trinajstić information content (AvgIpc) is 2.43. The second kappa shape index (κ2) is 6.41. The van der Waals surface area contributed by atoms with Crippen molar-refractivity contribution < 1.29 is 14.7 Å². The molecule has 0 aromatic heterocycles. The second-order valence-electron chi connectivity index (χ2n) is 4.44. The maximum atomic E-state index is 11.9. The fourth-order valence-corrected chi connectivity index (χ4v) is 2.09. The third kappa shape index (κ3) is 4.06. The molecule has 0 aliphatic carbocycles. The van der Waals surface area contributed by atoms with Crippen LogP contribution in [0.1, 0.15) is 15.9 Å². The van der Waals surface area contributed by atoms with E-state index in [0.29, 0.717) is 10.2 Å². The van der Waals surface area contributed by atoms with E-state index in [4.69, 9.17) is 5.11 Å². The van der Waals surface area contributed by atoms with Crippen molar-refractivity contribution in [3.8, 4) is 0 Å². The number of nitrogens with one attached hydrogen (secondary N) is 2. The summed E-state index contributed by atoms with van der Waals surface area (Å²) >= 11 is 3.20. The van der Waals surface area contributed by atoms with Crippen molar-refractivity contribution >= 4 is 39.3 Å². The Morgan fingerprint density at radius 2 is 1.71 bits per heavy atom. The molecule has 0 saturated heterocycles. The monoisotopic (exact) mass is 348 g/mol. The Balaban J connectivity index is 2.12. The molecule has 0 heterocycles. The Labute approximate surface area is 130 Å². The minimum atomic E-state index is -1.11. The lowest BCUT2D eigenvalue weighted by Gasteiger charge is -2.10. The van der Waals surface area contributed by atoms with Gasteiger partial charge in [-0.15, -0.1) is 0 Å². The molecule has 0 aliphatic heterocycles. The molecule has 2 aromatic rings. The summed E-state index contributed by atoms with van der Waals surface area (Å²) in [4.78, 5) is 23.1. The van der Waals surface area contributed by atoms with Gasteiger partial charge in [-0.1, -0.05) is 33.6 Å². The molecule has 108 valence electrons. The number of amides is 2. The minimum absolute atomic E-state index is 0.0171. The van der Waals surface area contributed by atoms with Crippen LogP contribution >= 0.6 is 15.9 Å². The number of carbonyl (C=O) groups is 2. The Kier molecular flexibility index (Phi) is 4.59. The van der Waals surface area contributed by atoms with Crippen LogP contribution in [0.2, 0.25) is 0 Å². The van der Waals surface area contributed by atoms with E-state index in [9.17, 15) is 9.59 Å². The van der Waals surface area contributed by atoms with E-state index in [0.717, 1.165) is 5.56 Å². The maximum Gasteiger partial charge on any atom is 0.337 e. The van der Waals surface area contributed by atoms with Gasteiger partial charge in [0, 0.05) is 10.2 Å². The van der Waals surface area contributed by atoms with E-state index in [1.165, 1.54) is 12.1 Å². The van der Waals surface area contributed by atoms with E-state index in [1.54, 1.807) is 18.2 Å². The number of benzene rings is 2. The molecule has 0 radical (unpaired) electrons. The van der Waals surface area contributed by atoms with Crippen molar-refractivity contribution in [2.45, 2.75) is 6.92 Å². The average molecular weight is 349 g/mol. The standard InChI is InChI=1S/C15H13BrN2O3/c1-9-2-5-11(6-3-9)17-15(21)18-13-7-4-10(16)8-12(13)14(19)20/h2-8H,1H3,(H,19,20)(H2,17,18,21). The first-order chi connectivity index (χ1) is 9.95. The van der Waals surface area contributed by atoms with Gasteiger partial charge in [0.1, 0.15) is 0 Å². The molecule has 5 nitrogen and oxygen atoms in total.